The zero-order chi connectivity index (χ0) is 21.6. The van der Waals surface area contributed by atoms with Gasteiger partial charge in [0.25, 0.3) is 0 Å². The Bertz CT molecular complexity index is 907. The van der Waals surface area contributed by atoms with Gasteiger partial charge in [-0.1, -0.05) is 37.6 Å². The van der Waals surface area contributed by atoms with E-state index in [4.69, 9.17) is 10.7 Å². The van der Waals surface area contributed by atoms with Gasteiger partial charge >= 0.3 is 0 Å². The number of Topliss-reactive ketones (excluding diaryl/α,β-unsaturated/α-hetero) is 1. The summed E-state index contributed by atoms with van der Waals surface area (Å²) in [5.41, 5.74) is 10.8. The molecule has 1 unspecified atom stereocenters. The molecule has 1 aliphatic heterocycles. The minimum atomic E-state index is 0.181. The summed E-state index contributed by atoms with van der Waals surface area (Å²) in [5.74, 6) is 1.45. The highest BCUT2D eigenvalue weighted by Gasteiger charge is 2.27. The first-order valence-corrected chi connectivity index (χ1v) is 11.8. The van der Waals surface area contributed by atoms with Crippen LogP contribution in [0.3, 0.4) is 0 Å². The van der Waals surface area contributed by atoms with Crippen LogP contribution in [-0.4, -0.2) is 40.3 Å². The second kappa shape index (κ2) is 10.2. The highest BCUT2D eigenvalue weighted by molar-refractivity contribution is 5.83. The van der Waals surface area contributed by atoms with Crippen molar-refractivity contribution in [2.45, 2.75) is 70.8 Å². The van der Waals surface area contributed by atoms with E-state index >= 15 is 0 Å². The number of nitrogens with one attached hydrogen (secondary N) is 1. The van der Waals surface area contributed by atoms with Gasteiger partial charge in [0, 0.05) is 37.4 Å². The molecule has 1 aromatic carbocycles. The lowest BCUT2D eigenvalue weighted by atomic mass is 9.90. The number of hydrogen-bond acceptors (Lipinski definition) is 6. The average Bonchev–Trinajstić information content (AvgIpc) is 3.20. The molecule has 1 saturated heterocycles. The molecule has 6 heteroatoms. The summed E-state index contributed by atoms with van der Waals surface area (Å²) in [7, 11) is 0. The van der Waals surface area contributed by atoms with Crippen molar-refractivity contribution in [1.29, 1.82) is 0 Å². The maximum absolute atomic E-state index is 12.4. The molecule has 0 saturated carbocycles. The Labute approximate surface area is 185 Å². The topological polar surface area (TPSA) is 84.1 Å². The second-order valence-corrected chi connectivity index (χ2v) is 9.03. The maximum atomic E-state index is 12.4. The minimum Gasteiger partial charge on any atom is -0.383 e. The average molecular weight is 422 g/mol. The van der Waals surface area contributed by atoms with Crippen LogP contribution in [0.2, 0.25) is 0 Å². The SMILES string of the molecule is CCCCNc1nc(N)c2c(n1)C(Cc1cccc(CN3CCCC3)c1)CCC(=O)C2. The van der Waals surface area contributed by atoms with Gasteiger partial charge in [0.15, 0.2) is 0 Å². The molecule has 1 aromatic heterocycles. The van der Waals surface area contributed by atoms with Crippen LogP contribution in [0.1, 0.15) is 73.8 Å². The molecule has 0 amide bonds. The van der Waals surface area contributed by atoms with Gasteiger partial charge in [0.2, 0.25) is 5.95 Å². The van der Waals surface area contributed by atoms with Gasteiger partial charge in [-0.05, 0) is 56.3 Å². The lowest BCUT2D eigenvalue weighted by Crippen LogP contribution is -2.18. The molecule has 0 radical (unpaired) electrons. The molecule has 2 aliphatic rings. The quantitative estimate of drug-likeness (QED) is 0.493. The van der Waals surface area contributed by atoms with Crippen LogP contribution in [0.5, 0.6) is 0 Å². The Hall–Kier alpha value is -2.47. The molecule has 2 heterocycles. The minimum absolute atomic E-state index is 0.181. The van der Waals surface area contributed by atoms with Crippen molar-refractivity contribution in [3.63, 3.8) is 0 Å². The molecule has 1 aliphatic carbocycles. The summed E-state index contributed by atoms with van der Waals surface area (Å²) < 4.78 is 0. The fourth-order valence-electron chi connectivity index (χ4n) is 4.79. The number of unbranched alkanes of at least 4 members (excludes halogenated alkanes) is 1. The van der Waals surface area contributed by atoms with Crippen LogP contribution in [0.15, 0.2) is 24.3 Å². The number of carbonyl (C=O) groups is 1. The lowest BCUT2D eigenvalue weighted by Gasteiger charge is -2.20. The Morgan fingerprint density at radius 3 is 2.81 bits per heavy atom. The monoisotopic (exact) mass is 421 g/mol. The van der Waals surface area contributed by atoms with E-state index in [2.05, 4.69) is 46.4 Å². The van der Waals surface area contributed by atoms with Crippen molar-refractivity contribution >= 4 is 17.5 Å². The van der Waals surface area contributed by atoms with E-state index in [0.29, 0.717) is 24.6 Å². The van der Waals surface area contributed by atoms with Crippen molar-refractivity contribution in [3.05, 3.63) is 46.6 Å². The Balaban J connectivity index is 1.56. The number of hydrogen-bond donors (Lipinski definition) is 2. The summed E-state index contributed by atoms with van der Waals surface area (Å²) >= 11 is 0. The van der Waals surface area contributed by atoms with Crippen LogP contribution in [0, 0.1) is 0 Å². The van der Waals surface area contributed by atoms with E-state index in [1.54, 1.807) is 0 Å². The number of rotatable bonds is 8. The van der Waals surface area contributed by atoms with E-state index in [0.717, 1.165) is 50.0 Å². The molecule has 4 rings (SSSR count). The molecular formula is C25H35N5O. The molecule has 0 bridgehead atoms. The number of nitrogen functional groups attached to an aromatic ring is 1. The molecule has 1 fully saturated rings. The van der Waals surface area contributed by atoms with E-state index in [-0.39, 0.29) is 11.7 Å². The first kappa shape index (κ1) is 21.8. The first-order chi connectivity index (χ1) is 15.1. The standard InChI is InChI=1S/C25H35N5O/c1-2-3-11-27-25-28-23-20(9-10-21(31)16-22(23)24(26)29-25)15-18-7-6-8-19(14-18)17-30-12-4-5-13-30/h6-8,14,20H,2-5,9-13,15-17H2,1H3,(H3,26,27,28,29). The summed E-state index contributed by atoms with van der Waals surface area (Å²) in [6.45, 7) is 6.41. The van der Waals surface area contributed by atoms with Crippen LogP contribution in [-0.2, 0) is 24.2 Å². The predicted molar refractivity (Wildman–Crippen MR) is 125 cm³/mol. The molecule has 0 spiro atoms. The van der Waals surface area contributed by atoms with Gasteiger partial charge in [-0.3, -0.25) is 9.69 Å². The van der Waals surface area contributed by atoms with Gasteiger partial charge in [-0.15, -0.1) is 0 Å². The molecule has 1 atom stereocenters. The van der Waals surface area contributed by atoms with Crippen LogP contribution < -0.4 is 11.1 Å². The van der Waals surface area contributed by atoms with Gasteiger partial charge in [-0.25, -0.2) is 4.98 Å². The number of nitrogens with two attached hydrogens (primary N) is 1. The van der Waals surface area contributed by atoms with Gasteiger partial charge in [0.1, 0.15) is 11.6 Å². The number of nitrogens with zero attached hydrogens (tertiary/aromatic N) is 3. The third-order valence-electron chi connectivity index (χ3n) is 6.50. The number of aromatic nitrogens is 2. The zero-order valence-corrected chi connectivity index (χ0v) is 18.7. The van der Waals surface area contributed by atoms with Crippen LogP contribution in [0.4, 0.5) is 11.8 Å². The highest BCUT2D eigenvalue weighted by atomic mass is 16.1. The molecule has 166 valence electrons. The number of benzene rings is 1. The van der Waals surface area contributed by atoms with Gasteiger partial charge < -0.3 is 11.1 Å². The number of likely N-dealkylation sites (tertiary alicyclic amines) is 1. The van der Waals surface area contributed by atoms with Gasteiger partial charge in [0.05, 0.1) is 5.69 Å². The highest BCUT2D eigenvalue weighted by Crippen LogP contribution is 2.34. The molecule has 2 aromatic rings. The summed E-state index contributed by atoms with van der Waals surface area (Å²) in [5, 5.41) is 3.31. The van der Waals surface area contributed by atoms with Crippen molar-refractivity contribution in [3.8, 4) is 0 Å². The molecule has 31 heavy (non-hydrogen) atoms. The Morgan fingerprint density at radius 2 is 2.00 bits per heavy atom. The number of carbonyl (C=O) groups excluding carboxylic acids is 1. The van der Waals surface area contributed by atoms with Crippen molar-refractivity contribution in [1.82, 2.24) is 14.9 Å². The third-order valence-corrected chi connectivity index (χ3v) is 6.50. The van der Waals surface area contributed by atoms with Gasteiger partial charge in [-0.2, -0.15) is 4.98 Å². The first-order valence-electron chi connectivity index (χ1n) is 11.8. The predicted octanol–water partition coefficient (Wildman–Crippen LogP) is 4.10. The Morgan fingerprint density at radius 1 is 1.19 bits per heavy atom. The third kappa shape index (κ3) is 5.62. The molecule has 6 nitrogen and oxygen atoms in total. The van der Waals surface area contributed by atoms with Crippen LogP contribution >= 0.6 is 0 Å². The fraction of sp³-hybridized carbons (Fsp3) is 0.560. The zero-order valence-electron chi connectivity index (χ0n) is 18.7. The van der Waals surface area contributed by atoms with Crippen LogP contribution in [0.25, 0.3) is 0 Å². The van der Waals surface area contributed by atoms with Crippen molar-refractivity contribution < 1.29 is 4.79 Å². The summed E-state index contributed by atoms with van der Waals surface area (Å²) in [6.07, 6.45) is 7.40. The van der Waals surface area contributed by atoms with Crippen molar-refractivity contribution in [2.24, 2.45) is 0 Å². The lowest BCUT2D eigenvalue weighted by molar-refractivity contribution is -0.118. The summed E-state index contributed by atoms with van der Waals surface area (Å²) in [6, 6.07) is 8.92. The van der Waals surface area contributed by atoms with Crippen molar-refractivity contribution in [2.75, 3.05) is 30.7 Å². The Kier molecular flexibility index (Phi) is 7.17. The summed E-state index contributed by atoms with van der Waals surface area (Å²) in [4.78, 5) is 24.2. The fourth-order valence-corrected chi connectivity index (χ4v) is 4.79. The maximum Gasteiger partial charge on any atom is 0.224 e. The van der Waals surface area contributed by atoms with E-state index in [1.165, 1.54) is 37.1 Å². The number of anilines is 2. The molecule has 3 N–H and O–H groups in total. The van der Waals surface area contributed by atoms with E-state index in [9.17, 15) is 4.79 Å². The normalized spacial score (nSPS) is 19.3. The largest absolute Gasteiger partial charge is 0.383 e. The number of fused-ring (bicyclic) bond motifs is 1. The second-order valence-electron chi connectivity index (χ2n) is 9.03. The molecular weight excluding hydrogens is 386 g/mol. The number of ketones is 1. The van der Waals surface area contributed by atoms with E-state index in [1.807, 2.05) is 0 Å². The smallest absolute Gasteiger partial charge is 0.224 e. The van der Waals surface area contributed by atoms with E-state index < -0.39 is 0 Å².